The topological polar surface area (TPSA) is 97.1 Å². The van der Waals surface area contributed by atoms with E-state index in [2.05, 4.69) is 43.3 Å². The van der Waals surface area contributed by atoms with Gasteiger partial charge in [-0.25, -0.2) is 4.98 Å². The Morgan fingerprint density at radius 3 is 2.41 bits per heavy atom. The maximum atomic E-state index is 12.9. The van der Waals surface area contributed by atoms with Crippen LogP contribution in [0.25, 0.3) is 10.2 Å². The van der Waals surface area contributed by atoms with Gasteiger partial charge in [0.05, 0.1) is 5.69 Å². The molecular formula is C20H28N4O2S. The van der Waals surface area contributed by atoms with Crippen molar-refractivity contribution in [2.45, 2.75) is 71.5 Å². The van der Waals surface area contributed by atoms with Gasteiger partial charge in [-0.05, 0) is 60.5 Å². The first-order chi connectivity index (χ1) is 12.4. The lowest BCUT2D eigenvalue weighted by Crippen LogP contribution is -2.62. The number of carbonyl (C=O) groups excluding carboxylic acids is 2. The third kappa shape index (κ3) is 3.99. The highest BCUT2D eigenvalue weighted by Crippen LogP contribution is 2.35. The molecule has 27 heavy (non-hydrogen) atoms. The highest BCUT2D eigenvalue weighted by molar-refractivity contribution is 7.21. The molecule has 1 aliphatic heterocycles. The van der Waals surface area contributed by atoms with Crippen molar-refractivity contribution in [2.24, 2.45) is 0 Å². The van der Waals surface area contributed by atoms with Gasteiger partial charge < -0.3 is 16.4 Å². The molecule has 146 valence electrons. The van der Waals surface area contributed by atoms with Crippen LogP contribution in [0.3, 0.4) is 0 Å². The largest absolute Gasteiger partial charge is 0.397 e. The van der Waals surface area contributed by atoms with Crippen LogP contribution in [-0.4, -0.2) is 33.8 Å². The summed E-state index contributed by atoms with van der Waals surface area (Å²) in [4.78, 5) is 30.3. The molecule has 1 saturated heterocycles. The standard InChI is InChI=1S/C20H28N4O2S/c1-10-13(11(2)25)7-14-15(21)16(27-18(14)22-10)17(26)23-12-8-19(3,4)24-20(5,6)9-12/h7,12,24H,8-9,21H2,1-6H3,(H,23,26). The van der Waals surface area contributed by atoms with Gasteiger partial charge in [-0.3, -0.25) is 9.59 Å². The maximum absolute atomic E-state index is 12.9. The first kappa shape index (κ1) is 19.8. The van der Waals surface area contributed by atoms with E-state index in [1.165, 1.54) is 18.3 Å². The zero-order valence-electron chi connectivity index (χ0n) is 16.8. The van der Waals surface area contributed by atoms with E-state index < -0.39 is 0 Å². The van der Waals surface area contributed by atoms with Crippen LogP contribution in [-0.2, 0) is 0 Å². The van der Waals surface area contributed by atoms with E-state index in [0.29, 0.717) is 32.0 Å². The van der Waals surface area contributed by atoms with Gasteiger partial charge in [0.25, 0.3) is 5.91 Å². The Morgan fingerprint density at radius 1 is 1.26 bits per heavy atom. The van der Waals surface area contributed by atoms with Gasteiger partial charge in [-0.15, -0.1) is 11.3 Å². The molecular weight excluding hydrogens is 360 g/mol. The van der Waals surface area contributed by atoms with E-state index in [-0.39, 0.29) is 28.8 Å². The number of ketones is 1. The molecule has 6 nitrogen and oxygen atoms in total. The number of aryl methyl sites for hydroxylation is 1. The summed E-state index contributed by atoms with van der Waals surface area (Å²) in [5, 5.41) is 7.45. The molecule has 0 aromatic carbocycles. The molecule has 0 aliphatic carbocycles. The fourth-order valence-electron chi connectivity index (χ4n) is 4.33. The quantitative estimate of drug-likeness (QED) is 0.700. The summed E-state index contributed by atoms with van der Waals surface area (Å²) >= 11 is 1.28. The summed E-state index contributed by atoms with van der Waals surface area (Å²) in [6.45, 7) is 11.9. The number of aromatic nitrogens is 1. The van der Waals surface area contributed by atoms with Crippen LogP contribution in [0.1, 0.15) is 73.2 Å². The van der Waals surface area contributed by atoms with E-state index in [4.69, 9.17) is 5.73 Å². The molecule has 0 bridgehead atoms. The average Bonchev–Trinajstić information content (AvgIpc) is 2.79. The Bertz CT molecular complexity index is 914. The number of thiophene rings is 1. The Labute approximate surface area is 163 Å². The maximum Gasteiger partial charge on any atom is 0.263 e. The van der Waals surface area contributed by atoms with Crippen molar-refractivity contribution in [1.82, 2.24) is 15.6 Å². The Morgan fingerprint density at radius 2 is 1.85 bits per heavy atom. The van der Waals surface area contributed by atoms with Crippen LogP contribution in [0.4, 0.5) is 5.69 Å². The summed E-state index contributed by atoms with van der Waals surface area (Å²) < 4.78 is 0. The summed E-state index contributed by atoms with van der Waals surface area (Å²) in [7, 11) is 0. The van der Waals surface area contributed by atoms with E-state index in [0.717, 1.165) is 12.8 Å². The molecule has 1 fully saturated rings. The Hall–Kier alpha value is -1.99. The third-order valence-electron chi connectivity index (χ3n) is 5.02. The number of fused-ring (bicyclic) bond motifs is 1. The predicted molar refractivity (Wildman–Crippen MR) is 111 cm³/mol. The van der Waals surface area contributed by atoms with E-state index in [9.17, 15) is 9.59 Å². The first-order valence-electron chi connectivity index (χ1n) is 9.19. The number of anilines is 1. The minimum atomic E-state index is -0.170. The van der Waals surface area contributed by atoms with Crippen molar-refractivity contribution in [1.29, 1.82) is 0 Å². The number of amides is 1. The second kappa shape index (κ2) is 6.56. The minimum absolute atomic E-state index is 0.0551. The highest BCUT2D eigenvalue weighted by Gasteiger charge is 2.38. The summed E-state index contributed by atoms with van der Waals surface area (Å²) in [6.07, 6.45) is 1.69. The van der Waals surface area contributed by atoms with Crippen molar-refractivity contribution >= 4 is 38.9 Å². The van der Waals surface area contributed by atoms with Gasteiger partial charge in [0.2, 0.25) is 0 Å². The van der Waals surface area contributed by atoms with Gasteiger partial charge in [-0.1, -0.05) is 0 Å². The number of Topliss-reactive ketones (excluding diaryl/α,β-unsaturated/α-hetero) is 1. The van der Waals surface area contributed by atoms with Crippen molar-refractivity contribution in [3.8, 4) is 0 Å². The molecule has 3 rings (SSSR count). The normalized spacial score (nSPS) is 19.2. The number of pyridine rings is 1. The molecule has 2 aromatic rings. The molecule has 7 heteroatoms. The van der Waals surface area contributed by atoms with E-state index >= 15 is 0 Å². The first-order valence-corrected chi connectivity index (χ1v) is 10.0. The molecule has 0 saturated carbocycles. The van der Waals surface area contributed by atoms with Crippen LogP contribution in [0.5, 0.6) is 0 Å². The van der Waals surface area contributed by atoms with Gasteiger partial charge in [0, 0.05) is 33.8 Å². The zero-order chi connectivity index (χ0) is 20.1. The van der Waals surface area contributed by atoms with Crippen LogP contribution in [0, 0.1) is 6.92 Å². The monoisotopic (exact) mass is 388 g/mol. The summed E-state index contributed by atoms with van der Waals surface area (Å²) in [6, 6.07) is 1.81. The highest BCUT2D eigenvalue weighted by atomic mass is 32.1. The van der Waals surface area contributed by atoms with Gasteiger partial charge in [0.1, 0.15) is 9.71 Å². The molecule has 0 unspecified atom stereocenters. The van der Waals surface area contributed by atoms with Crippen molar-refractivity contribution in [3.63, 3.8) is 0 Å². The van der Waals surface area contributed by atoms with Crippen molar-refractivity contribution in [3.05, 3.63) is 22.2 Å². The van der Waals surface area contributed by atoms with Crippen molar-refractivity contribution in [2.75, 3.05) is 5.73 Å². The number of nitrogens with zero attached hydrogens (tertiary/aromatic N) is 1. The van der Waals surface area contributed by atoms with Crippen LogP contribution in [0.2, 0.25) is 0 Å². The number of piperidine rings is 1. The van der Waals surface area contributed by atoms with Crippen LogP contribution >= 0.6 is 11.3 Å². The molecule has 1 aliphatic rings. The van der Waals surface area contributed by atoms with Crippen LogP contribution < -0.4 is 16.4 Å². The number of nitrogens with two attached hydrogens (primary N) is 1. The lowest BCUT2D eigenvalue weighted by atomic mass is 9.79. The number of hydrogen-bond donors (Lipinski definition) is 3. The second-order valence-electron chi connectivity index (χ2n) is 8.85. The Kier molecular flexibility index (Phi) is 4.80. The fourth-order valence-corrected chi connectivity index (χ4v) is 5.35. The predicted octanol–water partition coefficient (Wildman–Crippen LogP) is 3.43. The van der Waals surface area contributed by atoms with Crippen LogP contribution in [0.15, 0.2) is 6.07 Å². The molecule has 1 amide bonds. The third-order valence-corrected chi connectivity index (χ3v) is 6.14. The van der Waals surface area contributed by atoms with E-state index in [1.807, 2.05) is 0 Å². The lowest BCUT2D eigenvalue weighted by molar-refractivity contribution is 0.0877. The second-order valence-corrected chi connectivity index (χ2v) is 9.85. The molecule has 4 N–H and O–H groups in total. The zero-order valence-corrected chi connectivity index (χ0v) is 17.6. The summed E-state index contributed by atoms with van der Waals surface area (Å²) in [5.41, 5.74) is 7.74. The molecule has 0 atom stereocenters. The average molecular weight is 389 g/mol. The molecule has 0 radical (unpaired) electrons. The molecule has 0 spiro atoms. The van der Waals surface area contributed by atoms with Gasteiger partial charge in [-0.2, -0.15) is 0 Å². The Balaban J connectivity index is 1.90. The number of carbonyl (C=O) groups is 2. The number of nitrogen functional groups attached to an aromatic ring is 1. The van der Waals surface area contributed by atoms with E-state index in [1.54, 1.807) is 13.0 Å². The van der Waals surface area contributed by atoms with Gasteiger partial charge in [0.15, 0.2) is 5.78 Å². The fraction of sp³-hybridized carbons (Fsp3) is 0.550. The summed E-state index contributed by atoms with van der Waals surface area (Å²) in [5.74, 6) is -0.228. The molecule has 3 heterocycles. The lowest BCUT2D eigenvalue weighted by Gasteiger charge is -2.46. The van der Waals surface area contributed by atoms with Gasteiger partial charge >= 0.3 is 0 Å². The SMILES string of the molecule is CC(=O)c1cc2c(N)c(C(=O)NC3CC(C)(C)NC(C)(C)C3)sc2nc1C. The smallest absolute Gasteiger partial charge is 0.263 e. The number of rotatable bonds is 3. The number of nitrogens with one attached hydrogen (secondary N) is 2. The minimum Gasteiger partial charge on any atom is -0.397 e. The molecule has 2 aromatic heterocycles. The number of hydrogen-bond acceptors (Lipinski definition) is 6. The van der Waals surface area contributed by atoms with Crippen molar-refractivity contribution < 1.29 is 9.59 Å².